The molecule has 2 heterocycles. The van der Waals surface area contributed by atoms with E-state index in [0.29, 0.717) is 12.0 Å². The van der Waals surface area contributed by atoms with Crippen LogP contribution in [0.25, 0.3) is 10.9 Å². The SMILES string of the molecule is Cc1c(C(=O)N2O[C@@H]3C[C@H]2[C@@H](O)[C@H]3O)cnc2ccccc12. The van der Waals surface area contributed by atoms with E-state index >= 15 is 0 Å². The molecule has 0 unspecified atom stereocenters. The number of hydrogen-bond donors (Lipinski definition) is 2. The van der Waals surface area contributed by atoms with E-state index in [0.717, 1.165) is 16.5 Å². The molecule has 1 aromatic heterocycles. The fourth-order valence-electron chi connectivity index (χ4n) is 3.34. The molecule has 2 aromatic rings. The van der Waals surface area contributed by atoms with Crippen LogP contribution >= 0.6 is 0 Å². The Morgan fingerprint density at radius 2 is 2.09 bits per heavy atom. The molecule has 6 heteroatoms. The number of amides is 1. The van der Waals surface area contributed by atoms with Gasteiger partial charge in [-0.1, -0.05) is 18.2 Å². The normalized spacial score (nSPS) is 30.2. The molecule has 6 nitrogen and oxygen atoms in total. The van der Waals surface area contributed by atoms with E-state index in [1.807, 2.05) is 31.2 Å². The summed E-state index contributed by atoms with van der Waals surface area (Å²) in [6, 6.07) is 7.11. The molecular formula is C16H16N2O4. The van der Waals surface area contributed by atoms with Crippen LogP contribution in [-0.4, -0.2) is 50.5 Å². The lowest BCUT2D eigenvalue weighted by atomic mass is 10.0. The number of rotatable bonds is 1. The first-order chi connectivity index (χ1) is 10.6. The third-order valence-corrected chi connectivity index (χ3v) is 4.62. The predicted molar refractivity (Wildman–Crippen MR) is 77.9 cm³/mol. The van der Waals surface area contributed by atoms with Gasteiger partial charge in [0, 0.05) is 18.0 Å². The second-order valence-electron chi connectivity index (χ2n) is 5.87. The number of benzene rings is 1. The van der Waals surface area contributed by atoms with Crippen LogP contribution in [-0.2, 0) is 4.84 Å². The van der Waals surface area contributed by atoms with Crippen molar-refractivity contribution in [3.05, 3.63) is 41.6 Å². The molecule has 1 saturated carbocycles. The summed E-state index contributed by atoms with van der Waals surface area (Å²) in [4.78, 5) is 22.5. The Labute approximate surface area is 126 Å². The molecule has 1 aliphatic carbocycles. The van der Waals surface area contributed by atoms with Gasteiger partial charge in [0.2, 0.25) is 0 Å². The molecule has 1 amide bonds. The van der Waals surface area contributed by atoms with Crippen LogP contribution in [0.15, 0.2) is 30.5 Å². The maximum Gasteiger partial charge on any atom is 0.279 e. The molecule has 2 aliphatic rings. The van der Waals surface area contributed by atoms with Crippen molar-refractivity contribution in [2.24, 2.45) is 0 Å². The van der Waals surface area contributed by atoms with E-state index in [1.54, 1.807) is 0 Å². The quantitative estimate of drug-likeness (QED) is 0.814. The number of pyridine rings is 1. The summed E-state index contributed by atoms with van der Waals surface area (Å²) in [5, 5.41) is 21.8. The third kappa shape index (κ3) is 1.78. The van der Waals surface area contributed by atoms with E-state index in [9.17, 15) is 15.0 Å². The molecule has 0 spiro atoms. The number of aliphatic hydroxyl groups excluding tert-OH is 2. The van der Waals surface area contributed by atoms with Gasteiger partial charge < -0.3 is 10.2 Å². The molecule has 114 valence electrons. The van der Waals surface area contributed by atoms with Gasteiger partial charge in [0.1, 0.15) is 18.3 Å². The highest BCUT2D eigenvalue weighted by Gasteiger charge is 2.54. The predicted octanol–water partition coefficient (Wildman–Crippen LogP) is 0.793. The summed E-state index contributed by atoms with van der Waals surface area (Å²) in [5.41, 5.74) is 2.11. The summed E-state index contributed by atoms with van der Waals surface area (Å²) in [7, 11) is 0. The number of fused-ring (bicyclic) bond motifs is 3. The Bertz CT molecular complexity index is 761. The standard InChI is InChI=1S/C16H16N2O4/c1-8-9-4-2-3-5-11(9)17-7-10(8)16(21)18-12-6-13(22-18)15(20)14(12)19/h2-5,7,12-15,19-20H,6H2,1H3/t12-,13+,14+,15-/m0/s1. The van der Waals surface area contributed by atoms with Crippen molar-refractivity contribution in [1.82, 2.24) is 10.0 Å². The van der Waals surface area contributed by atoms with Crippen LogP contribution in [0.4, 0.5) is 0 Å². The van der Waals surface area contributed by atoms with Gasteiger partial charge in [0.15, 0.2) is 0 Å². The van der Waals surface area contributed by atoms with Crippen LogP contribution < -0.4 is 0 Å². The van der Waals surface area contributed by atoms with Crippen molar-refractivity contribution in [2.75, 3.05) is 0 Å². The maximum atomic E-state index is 12.7. The van der Waals surface area contributed by atoms with Crippen molar-refractivity contribution < 1.29 is 19.8 Å². The molecule has 2 N–H and O–H groups in total. The van der Waals surface area contributed by atoms with Crippen molar-refractivity contribution in [2.45, 2.75) is 37.7 Å². The van der Waals surface area contributed by atoms with Crippen LogP contribution in [0.2, 0.25) is 0 Å². The van der Waals surface area contributed by atoms with Crippen molar-refractivity contribution >= 4 is 16.8 Å². The van der Waals surface area contributed by atoms with Crippen LogP contribution in [0, 0.1) is 6.92 Å². The summed E-state index contributed by atoms with van der Waals surface area (Å²) in [6.45, 7) is 1.87. The molecule has 4 atom stereocenters. The minimum atomic E-state index is -0.962. The van der Waals surface area contributed by atoms with Crippen LogP contribution in [0.5, 0.6) is 0 Å². The van der Waals surface area contributed by atoms with E-state index in [-0.39, 0.29) is 5.91 Å². The van der Waals surface area contributed by atoms with E-state index < -0.39 is 24.4 Å². The van der Waals surface area contributed by atoms with Gasteiger partial charge in [-0.05, 0) is 18.6 Å². The van der Waals surface area contributed by atoms with Gasteiger partial charge in [-0.25, -0.2) is 5.06 Å². The number of hydrogen-bond acceptors (Lipinski definition) is 5. The van der Waals surface area contributed by atoms with Gasteiger partial charge in [-0.2, -0.15) is 0 Å². The van der Waals surface area contributed by atoms with Gasteiger partial charge in [0.25, 0.3) is 5.91 Å². The summed E-state index contributed by atoms with van der Waals surface area (Å²) in [6.07, 6.45) is -0.411. The van der Waals surface area contributed by atoms with E-state index in [2.05, 4.69) is 4.98 Å². The summed E-state index contributed by atoms with van der Waals surface area (Å²) in [5.74, 6) is -0.325. The average Bonchev–Trinajstić information content (AvgIpc) is 3.08. The van der Waals surface area contributed by atoms with Crippen LogP contribution in [0.1, 0.15) is 22.3 Å². The zero-order valence-corrected chi connectivity index (χ0v) is 12.0. The maximum absolute atomic E-state index is 12.7. The molecule has 0 radical (unpaired) electrons. The molecule has 1 aromatic carbocycles. The molecular weight excluding hydrogens is 284 g/mol. The largest absolute Gasteiger partial charge is 0.388 e. The number of aryl methyl sites for hydroxylation is 1. The second-order valence-corrected chi connectivity index (χ2v) is 5.87. The fraction of sp³-hybridized carbons (Fsp3) is 0.375. The number of aromatic nitrogens is 1. The highest BCUT2D eigenvalue weighted by Crippen LogP contribution is 2.37. The molecule has 1 saturated heterocycles. The zero-order chi connectivity index (χ0) is 15.4. The molecule has 4 rings (SSSR count). The molecule has 2 fully saturated rings. The van der Waals surface area contributed by atoms with E-state index in [4.69, 9.17) is 4.84 Å². The highest BCUT2D eigenvalue weighted by molar-refractivity contribution is 5.99. The van der Waals surface area contributed by atoms with Crippen molar-refractivity contribution in [3.63, 3.8) is 0 Å². The minimum Gasteiger partial charge on any atom is -0.388 e. The first-order valence-corrected chi connectivity index (χ1v) is 7.28. The Kier molecular flexibility index (Phi) is 2.94. The lowest BCUT2D eigenvalue weighted by Gasteiger charge is -2.32. The number of carbonyl (C=O) groups excluding carboxylic acids is 1. The highest BCUT2D eigenvalue weighted by atomic mass is 16.7. The lowest BCUT2D eigenvalue weighted by molar-refractivity contribution is -0.216. The number of nitrogens with zero attached hydrogens (tertiary/aromatic N) is 2. The molecule has 1 aliphatic heterocycles. The Hall–Kier alpha value is -2.02. The molecule has 2 bridgehead atoms. The number of carbonyl (C=O) groups is 1. The topological polar surface area (TPSA) is 82.9 Å². The Balaban J connectivity index is 1.71. The Morgan fingerprint density at radius 3 is 2.82 bits per heavy atom. The fourth-order valence-corrected chi connectivity index (χ4v) is 3.34. The molecule has 22 heavy (non-hydrogen) atoms. The minimum absolute atomic E-state index is 0.325. The van der Waals surface area contributed by atoms with Gasteiger partial charge >= 0.3 is 0 Å². The number of aliphatic hydroxyl groups is 2. The number of para-hydroxylation sites is 1. The number of hydroxylamine groups is 2. The van der Waals surface area contributed by atoms with Gasteiger partial charge in [-0.3, -0.25) is 14.6 Å². The first-order valence-electron chi connectivity index (χ1n) is 7.28. The Morgan fingerprint density at radius 1 is 1.32 bits per heavy atom. The lowest BCUT2D eigenvalue weighted by Crippen LogP contribution is -2.50. The second kappa shape index (κ2) is 4.74. The van der Waals surface area contributed by atoms with Crippen molar-refractivity contribution in [1.29, 1.82) is 0 Å². The average molecular weight is 300 g/mol. The van der Waals surface area contributed by atoms with Crippen LogP contribution in [0.3, 0.4) is 0 Å². The first kappa shape index (κ1) is 13.6. The van der Waals surface area contributed by atoms with Crippen molar-refractivity contribution in [3.8, 4) is 0 Å². The van der Waals surface area contributed by atoms with Gasteiger partial charge in [-0.15, -0.1) is 0 Å². The summed E-state index contributed by atoms with van der Waals surface area (Å²) < 4.78 is 0. The van der Waals surface area contributed by atoms with Gasteiger partial charge in [0.05, 0.1) is 17.1 Å². The monoisotopic (exact) mass is 300 g/mol. The summed E-state index contributed by atoms with van der Waals surface area (Å²) >= 11 is 0. The third-order valence-electron chi connectivity index (χ3n) is 4.62. The zero-order valence-electron chi connectivity index (χ0n) is 12.0. The van der Waals surface area contributed by atoms with E-state index in [1.165, 1.54) is 11.3 Å². The smallest absolute Gasteiger partial charge is 0.279 e.